The van der Waals surface area contributed by atoms with Crippen molar-refractivity contribution in [2.24, 2.45) is 0 Å². The molecular weight excluding hydrogens is 334 g/mol. The lowest BCUT2D eigenvalue weighted by Gasteiger charge is -2.38. The fourth-order valence-electron chi connectivity index (χ4n) is 3.98. The highest BCUT2D eigenvalue weighted by Crippen LogP contribution is 2.53. The van der Waals surface area contributed by atoms with Crippen LogP contribution in [0, 0.1) is 0 Å². The van der Waals surface area contributed by atoms with Crippen LogP contribution in [-0.2, 0) is 14.3 Å². The number of thioether (sulfide) groups is 1. The van der Waals surface area contributed by atoms with Crippen molar-refractivity contribution in [3.63, 3.8) is 0 Å². The number of hydrogen-bond donors (Lipinski definition) is 0. The smallest absolute Gasteiger partial charge is 0.227 e. The van der Waals surface area contributed by atoms with E-state index in [0.29, 0.717) is 19.6 Å². The summed E-state index contributed by atoms with van der Waals surface area (Å²) >= 11 is 1.86. The van der Waals surface area contributed by atoms with Crippen LogP contribution in [-0.4, -0.2) is 25.2 Å². The molecule has 0 aliphatic carbocycles. The molecule has 4 nitrogen and oxygen atoms in total. The van der Waals surface area contributed by atoms with E-state index in [1.807, 2.05) is 28.8 Å². The van der Waals surface area contributed by atoms with Crippen molar-refractivity contribution in [2.45, 2.75) is 35.3 Å². The normalized spacial score (nSPS) is 25.9. The van der Waals surface area contributed by atoms with E-state index in [-0.39, 0.29) is 23.5 Å². The molecule has 5 heteroatoms. The highest BCUT2D eigenvalue weighted by Gasteiger charge is 2.43. The number of carbonyl (C=O) groups excluding carboxylic acids is 1. The lowest BCUT2D eigenvalue weighted by molar-refractivity contribution is -0.117. The van der Waals surface area contributed by atoms with Crippen molar-refractivity contribution >= 4 is 23.4 Å². The van der Waals surface area contributed by atoms with Gasteiger partial charge in [0.25, 0.3) is 0 Å². The number of ether oxygens (including phenoxy) is 2. The van der Waals surface area contributed by atoms with Gasteiger partial charge in [-0.2, -0.15) is 0 Å². The Morgan fingerprint density at radius 3 is 2.60 bits per heavy atom. The van der Waals surface area contributed by atoms with E-state index in [1.54, 1.807) is 0 Å². The molecule has 3 aliphatic heterocycles. The first-order chi connectivity index (χ1) is 12.3. The predicted molar refractivity (Wildman–Crippen MR) is 96.6 cm³/mol. The summed E-state index contributed by atoms with van der Waals surface area (Å²) in [6.45, 7) is 1.27. The minimum atomic E-state index is -0.284. The molecule has 3 aliphatic rings. The fourth-order valence-corrected chi connectivity index (χ4v) is 5.45. The van der Waals surface area contributed by atoms with Crippen molar-refractivity contribution in [3.8, 4) is 0 Å². The minimum Gasteiger partial charge on any atom is -0.346 e. The van der Waals surface area contributed by atoms with Gasteiger partial charge in [-0.1, -0.05) is 36.4 Å². The van der Waals surface area contributed by atoms with Gasteiger partial charge in [0, 0.05) is 16.9 Å². The molecule has 0 N–H and O–H groups in total. The van der Waals surface area contributed by atoms with Crippen LogP contribution < -0.4 is 4.90 Å². The Balaban J connectivity index is 1.57. The van der Waals surface area contributed by atoms with Gasteiger partial charge < -0.3 is 14.4 Å². The molecule has 0 saturated carbocycles. The Labute approximate surface area is 151 Å². The summed E-state index contributed by atoms with van der Waals surface area (Å²) in [5, 5.41) is 0.265. The lowest BCUT2D eigenvalue weighted by Crippen LogP contribution is -2.39. The van der Waals surface area contributed by atoms with Crippen LogP contribution in [0.3, 0.4) is 0 Å². The number of benzene rings is 2. The molecule has 5 rings (SSSR count). The third-order valence-electron chi connectivity index (χ3n) is 5.12. The van der Waals surface area contributed by atoms with Crippen molar-refractivity contribution in [1.82, 2.24) is 0 Å². The monoisotopic (exact) mass is 353 g/mol. The Kier molecular flexibility index (Phi) is 3.81. The summed E-state index contributed by atoms with van der Waals surface area (Å²) in [6.07, 6.45) is 1.26. The highest BCUT2D eigenvalue weighted by molar-refractivity contribution is 7.99. The molecule has 2 saturated heterocycles. The van der Waals surface area contributed by atoms with Gasteiger partial charge in [-0.05, 0) is 24.1 Å². The maximum atomic E-state index is 12.6. The summed E-state index contributed by atoms with van der Waals surface area (Å²) in [7, 11) is 0. The van der Waals surface area contributed by atoms with E-state index in [4.69, 9.17) is 9.47 Å². The van der Waals surface area contributed by atoms with Gasteiger partial charge in [-0.25, -0.2) is 0 Å². The number of anilines is 1. The maximum Gasteiger partial charge on any atom is 0.227 e. The molecule has 3 heterocycles. The molecular formula is C20H19NO3S. The predicted octanol–water partition coefficient (Wildman–Crippen LogP) is 4.07. The Bertz CT molecular complexity index is 804. The van der Waals surface area contributed by atoms with Crippen LogP contribution in [0.4, 0.5) is 5.69 Å². The van der Waals surface area contributed by atoms with Crippen molar-refractivity contribution < 1.29 is 14.3 Å². The molecule has 2 fully saturated rings. The van der Waals surface area contributed by atoms with Gasteiger partial charge in [-0.3, -0.25) is 4.79 Å². The second-order valence-corrected chi connectivity index (χ2v) is 7.80. The summed E-state index contributed by atoms with van der Waals surface area (Å²) in [6, 6.07) is 17.0. The van der Waals surface area contributed by atoms with Gasteiger partial charge in [0.05, 0.1) is 30.2 Å². The second-order valence-electron chi connectivity index (χ2n) is 6.62. The average Bonchev–Trinajstić information content (AvgIpc) is 3.32. The summed E-state index contributed by atoms with van der Waals surface area (Å²) < 4.78 is 11.3. The molecule has 2 atom stereocenters. The molecule has 0 spiro atoms. The number of fused-ring (bicyclic) bond motifs is 3. The zero-order valence-electron chi connectivity index (χ0n) is 13.8. The Morgan fingerprint density at radius 2 is 1.80 bits per heavy atom. The number of rotatable bonds is 2. The average molecular weight is 353 g/mol. The summed E-state index contributed by atoms with van der Waals surface area (Å²) in [4.78, 5) is 15.7. The number of hydrogen-bond acceptors (Lipinski definition) is 4. The maximum absolute atomic E-state index is 12.6. The van der Waals surface area contributed by atoms with Gasteiger partial charge in [0.1, 0.15) is 0 Å². The first kappa shape index (κ1) is 15.4. The van der Waals surface area contributed by atoms with Gasteiger partial charge in [0.2, 0.25) is 5.91 Å². The quantitative estimate of drug-likeness (QED) is 0.816. The Morgan fingerprint density at radius 1 is 1.00 bits per heavy atom. The van der Waals surface area contributed by atoms with Crippen LogP contribution in [0.15, 0.2) is 53.4 Å². The molecule has 0 aromatic heterocycles. The molecule has 2 aromatic carbocycles. The lowest BCUT2D eigenvalue weighted by atomic mass is 10.0. The van der Waals surface area contributed by atoms with E-state index in [9.17, 15) is 4.79 Å². The minimum absolute atomic E-state index is 0.230. The molecule has 0 bridgehead atoms. The summed E-state index contributed by atoms with van der Waals surface area (Å²) in [5.74, 6) is 0.230. The van der Waals surface area contributed by atoms with Crippen molar-refractivity contribution in [3.05, 3.63) is 59.7 Å². The van der Waals surface area contributed by atoms with E-state index < -0.39 is 0 Å². The zero-order chi connectivity index (χ0) is 16.8. The SMILES string of the molecule is O=C1CCC2C(c3ccccc3)Sc3cc(C4OCCO4)ccc3N12. The summed E-state index contributed by atoms with van der Waals surface area (Å²) in [5.41, 5.74) is 3.34. The number of nitrogens with zero attached hydrogens (tertiary/aromatic N) is 1. The topological polar surface area (TPSA) is 38.8 Å². The molecule has 0 radical (unpaired) electrons. The molecule has 2 aromatic rings. The van der Waals surface area contributed by atoms with E-state index >= 15 is 0 Å². The first-order valence-corrected chi connectivity index (χ1v) is 9.60. The Hall–Kier alpha value is -1.82. The molecule has 128 valence electrons. The van der Waals surface area contributed by atoms with Crippen LogP contribution in [0.1, 0.15) is 35.5 Å². The van der Waals surface area contributed by atoms with E-state index in [1.165, 1.54) is 5.56 Å². The van der Waals surface area contributed by atoms with Crippen molar-refractivity contribution in [2.75, 3.05) is 18.1 Å². The highest BCUT2D eigenvalue weighted by atomic mass is 32.2. The van der Waals surface area contributed by atoms with E-state index in [2.05, 4.69) is 36.4 Å². The van der Waals surface area contributed by atoms with Crippen LogP contribution >= 0.6 is 11.8 Å². The standard InChI is InChI=1S/C20H19NO3S/c22-18-9-8-16-19(13-4-2-1-3-5-13)25-17-12-14(20-23-10-11-24-20)6-7-15(17)21(16)18/h1-7,12,16,19-20H,8-11H2. The third kappa shape index (κ3) is 2.58. The molecule has 2 unspecified atom stereocenters. The van der Waals surface area contributed by atoms with E-state index in [0.717, 1.165) is 22.6 Å². The van der Waals surface area contributed by atoms with Crippen LogP contribution in [0.2, 0.25) is 0 Å². The molecule has 1 amide bonds. The van der Waals surface area contributed by atoms with Gasteiger partial charge >= 0.3 is 0 Å². The third-order valence-corrected chi connectivity index (χ3v) is 6.54. The second kappa shape index (κ2) is 6.16. The van der Waals surface area contributed by atoms with Gasteiger partial charge in [0.15, 0.2) is 6.29 Å². The van der Waals surface area contributed by atoms with Crippen LogP contribution in [0.5, 0.6) is 0 Å². The number of amides is 1. The van der Waals surface area contributed by atoms with Crippen LogP contribution in [0.25, 0.3) is 0 Å². The number of carbonyl (C=O) groups is 1. The zero-order valence-corrected chi connectivity index (χ0v) is 14.6. The van der Waals surface area contributed by atoms with Gasteiger partial charge in [-0.15, -0.1) is 11.8 Å². The molecule has 25 heavy (non-hydrogen) atoms. The first-order valence-electron chi connectivity index (χ1n) is 8.72. The van der Waals surface area contributed by atoms with Crippen molar-refractivity contribution in [1.29, 1.82) is 0 Å². The fraction of sp³-hybridized carbons (Fsp3) is 0.350. The largest absolute Gasteiger partial charge is 0.346 e.